The Morgan fingerprint density at radius 2 is 1.96 bits per heavy atom. The van der Waals surface area contributed by atoms with Crippen molar-refractivity contribution in [2.24, 2.45) is 0 Å². The number of rotatable bonds is 7. The van der Waals surface area contributed by atoms with Crippen LogP contribution in [0.25, 0.3) is 10.2 Å². The van der Waals surface area contributed by atoms with E-state index >= 15 is 0 Å². The van der Waals surface area contributed by atoms with Crippen LogP contribution in [-0.2, 0) is 16.1 Å². The average Bonchev–Trinajstić information content (AvgIpc) is 3.09. The summed E-state index contributed by atoms with van der Waals surface area (Å²) >= 11 is 1.31. The number of nitrogens with zero attached hydrogens (tertiary/aromatic N) is 1. The van der Waals surface area contributed by atoms with Gasteiger partial charge in [-0.25, -0.2) is 9.78 Å². The molecule has 2 aromatic heterocycles. The third-order valence-corrected chi connectivity index (χ3v) is 4.13. The summed E-state index contributed by atoms with van der Waals surface area (Å²) in [6.07, 6.45) is 0. The van der Waals surface area contributed by atoms with Gasteiger partial charge in [-0.3, -0.25) is 4.79 Å². The summed E-state index contributed by atoms with van der Waals surface area (Å²) < 4.78 is 16.5. The predicted molar refractivity (Wildman–Crippen MR) is 93.1 cm³/mol. The van der Waals surface area contributed by atoms with Gasteiger partial charge in [-0.15, -0.1) is 11.3 Å². The first-order chi connectivity index (χ1) is 12.2. The molecule has 7 nitrogen and oxygen atoms in total. The van der Waals surface area contributed by atoms with E-state index in [2.05, 4.69) is 9.97 Å². The van der Waals surface area contributed by atoms with Crippen LogP contribution >= 0.6 is 11.3 Å². The number of hydrogen-bond acceptors (Lipinski definition) is 7. The van der Waals surface area contributed by atoms with Gasteiger partial charge in [0.25, 0.3) is 5.56 Å². The van der Waals surface area contributed by atoms with Gasteiger partial charge in [0.2, 0.25) is 0 Å². The minimum absolute atomic E-state index is 0.129. The molecule has 0 aliphatic heterocycles. The zero-order chi connectivity index (χ0) is 17.6. The lowest BCUT2D eigenvalue weighted by molar-refractivity contribution is -0.147. The number of hydrogen-bond donors (Lipinski definition) is 1. The fraction of sp³-hybridized carbons (Fsp3) is 0.235. The molecule has 0 unspecified atom stereocenters. The van der Waals surface area contributed by atoms with Gasteiger partial charge in [-0.05, 0) is 30.5 Å². The van der Waals surface area contributed by atoms with Crippen molar-refractivity contribution in [3.8, 4) is 11.5 Å². The van der Waals surface area contributed by atoms with E-state index < -0.39 is 5.97 Å². The Morgan fingerprint density at radius 1 is 1.20 bits per heavy atom. The topological polar surface area (TPSA) is 90.5 Å². The van der Waals surface area contributed by atoms with E-state index in [-0.39, 0.29) is 18.8 Å². The van der Waals surface area contributed by atoms with Gasteiger partial charge in [0, 0.05) is 0 Å². The van der Waals surface area contributed by atoms with Gasteiger partial charge in [-0.1, -0.05) is 12.1 Å². The van der Waals surface area contributed by atoms with E-state index in [1.807, 2.05) is 13.0 Å². The number of thiophene rings is 1. The molecule has 0 amide bonds. The molecule has 3 aromatic rings. The zero-order valence-corrected chi connectivity index (χ0v) is 14.3. The molecule has 0 saturated heterocycles. The smallest absolute Gasteiger partial charge is 0.344 e. The molecule has 1 aromatic carbocycles. The number of nitrogens with one attached hydrogen (secondary N) is 1. The summed E-state index contributed by atoms with van der Waals surface area (Å²) in [7, 11) is 0. The molecule has 0 aliphatic carbocycles. The van der Waals surface area contributed by atoms with E-state index in [0.29, 0.717) is 34.1 Å². The molecule has 3 rings (SSSR count). The second kappa shape index (κ2) is 7.80. The maximum absolute atomic E-state index is 11.9. The number of carbonyl (C=O) groups is 1. The van der Waals surface area contributed by atoms with E-state index in [0.717, 1.165) is 0 Å². The van der Waals surface area contributed by atoms with Gasteiger partial charge in [0.15, 0.2) is 18.1 Å². The van der Waals surface area contributed by atoms with Crippen molar-refractivity contribution in [2.75, 3.05) is 13.2 Å². The molecule has 0 spiro atoms. The van der Waals surface area contributed by atoms with Crippen LogP contribution in [0.4, 0.5) is 0 Å². The van der Waals surface area contributed by atoms with E-state index in [1.165, 1.54) is 11.3 Å². The lowest BCUT2D eigenvalue weighted by Crippen LogP contribution is -2.17. The second-order valence-electron chi connectivity index (χ2n) is 4.98. The summed E-state index contributed by atoms with van der Waals surface area (Å²) in [6, 6.07) is 8.82. The lowest BCUT2D eigenvalue weighted by atomic mass is 10.3. The fourth-order valence-corrected chi connectivity index (χ4v) is 2.89. The zero-order valence-electron chi connectivity index (χ0n) is 13.5. The molecule has 130 valence electrons. The summed E-state index contributed by atoms with van der Waals surface area (Å²) in [4.78, 5) is 30.5. The van der Waals surface area contributed by atoms with Crippen molar-refractivity contribution in [3.05, 3.63) is 51.9 Å². The number of fused-ring (bicyclic) bond motifs is 1. The van der Waals surface area contributed by atoms with Crippen LogP contribution in [-0.4, -0.2) is 29.2 Å². The molecule has 1 N–H and O–H groups in total. The van der Waals surface area contributed by atoms with Crippen LogP contribution in [0, 0.1) is 0 Å². The summed E-state index contributed by atoms with van der Waals surface area (Å²) in [5, 5.41) is 1.78. The number of aromatic nitrogens is 2. The molecule has 25 heavy (non-hydrogen) atoms. The Kier molecular flexibility index (Phi) is 5.30. The van der Waals surface area contributed by atoms with Crippen LogP contribution in [0.15, 0.2) is 40.5 Å². The Bertz CT molecular complexity index is 934. The third kappa shape index (κ3) is 4.16. The molecular formula is C17H16N2O5S. The Balaban J connectivity index is 1.57. The van der Waals surface area contributed by atoms with Crippen molar-refractivity contribution in [1.29, 1.82) is 0 Å². The number of para-hydroxylation sites is 2. The summed E-state index contributed by atoms with van der Waals surface area (Å²) in [6.45, 7) is 1.96. The predicted octanol–water partition coefficient (Wildman–Crippen LogP) is 2.51. The maximum Gasteiger partial charge on any atom is 0.344 e. The highest BCUT2D eigenvalue weighted by molar-refractivity contribution is 7.17. The van der Waals surface area contributed by atoms with Crippen LogP contribution in [0.3, 0.4) is 0 Å². The molecular weight excluding hydrogens is 344 g/mol. The average molecular weight is 360 g/mol. The minimum atomic E-state index is -0.570. The number of esters is 1. The summed E-state index contributed by atoms with van der Waals surface area (Å²) in [5.41, 5.74) is 0.342. The van der Waals surface area contributed by atoms with Crippen molar-refractivity contribution in [1.82, 2.24) is 9.97 Å². The van der Waals surface area contributed by atoms with Crippen LogP contribution in [0.2, 0.25) is 0 Å². The molecule has 0 aliphatic rings. The van der Waals surface area contributed by atoms with Crippen molar-refractivity contribution in [3.63, 3.8) is 0 Å². The quantitative estimate of drug-likeness (QED) is 0.651. The SMILES string of the molecule is CCOc1ccccc1OCC(=O)OCc1nc2ccsc2c(=O)[nH]1. The molecule has 0 bridgehead atoms. The Labute approximate surface area is 147 Å². The maximum atomic E-state index is 11.9. The van der Waals surface area contributed by atoms with Crippen LogP contribution in [0.1, 0.15) is 12.7 Å². The summed E-state index contributed by atoms with van der Waals surface area (Å²) in [5.74, 6) is 0.748. The highest BCUT2D eigenvalue weighted by atomic mass is 32.1. The van der Waals surface area contributed by atoms with Gasteiger partial charge in [0.05, 0.1) is 12.1 Å². The minimum Gasteiger partial charge on any atom is -0.490 e. The number of benzene rings is 1. The number of carbonyl (C=O) groups excluding carboxylic acids is 1. The highest BCUT2D eigenvalue weighted by Crippen LogP contribution is 2.26. The molecule has 0 saturated carbocycles. The Hall–Kier alpha value is -2.87. The Morgan fingerprint density at radius 3 is 2.72 bits per heavy atom. The first kappa shape index (κ1) is 17.0. The first-order valence-corrected chi connectivity index (χ1v) is 8.52. The highest BCUT2D eigenvalue weighted by Gasteiger charge is 2.10. The molecule has 0 radical (unpaired) electrons. The standard InChI is InChI=1S/C17H16N2O5S/c1-2-22-12-5-3-4-6-13(12)23-10-15(20)24-9-14-18-11-7-8-25-16(11)17(21)19-14/h3-8H,2,9-10H2,1H3,(H,18,19,21). The van der Waals surface area contributed by atoms with Crippen LogP contribution < -0.4 is 15.0 Å². The van der Waals surface area contributed by atoms with Gasteiger partial charge in [-0.2, -0.15) is 0 Å². The first-order valence-electron chi connectivity index (χ1n) is 7.64. The van der Waals surface area contributed by atoms with Crippen molar-refractivity contribution < 1.29 is 19.0 Å². The normalized spacial score (nSPS) is 10.6. The second-order valence-corrected chi connectivity index (χ2v) is 5.89. The van der Waals surface area contributed by atoms with E-state index in [1.54, 1.807) is 29.6 Å². The van der Waals surface area contributed by atoms with Crippen LogP contribution in [0.5, 0.6) is 11.5 Å². The fourth-order valence-electron chi connectivity index (χ4n) is 2.16. The van der Waals surface area contributed by atoms with E-state index in [4.69, 9.17) is 14.2 Å². The van der Waals surface area contributed by atoms with E-state index in [9.17, 15) is 9.59 Å². The molecule has 8 heteroatoms. The molecule has 0 atom stereocenters. The van der Waals surface area contributed by atoms with Crippen molar-refractivity contribution >= 4 is 27.5 Å². The monoisotopic (exact) mass is 360 g/mol. The number of H-pyrrole nitrogens is 1. The van der Waals surface area contributed by atoms with Gasteiger partial charge < -0.3 is 19.2 Å². The van der Waals surface area contributed by atoms with Gasteiger partial charge >= 0.3 is 5.97 Å². The number of ether oxygens (including phenoxy) is 3. The molecule has 0 fully saturated rings. The van der Waals surface area contributed by atoms with Gasteiger partial charge in [0.1, 0.15) is 17.1 Å². The number of aromatic amines is 1. The largest absolute Gasteiger partial charge is 0.490 e. The lowest BCUT2D eigenvalue weighted by Gasteiger charge is -2.11. The molecule has 2 heterocycles. The third-order valence-electron chi connectivity index (χ3n) is 3.23. The van der Waals surface area contributed by atoms with Crippen molar-refractivity contribution in [2.45, 2.75) is 13.5 Å².